The van der Waals surface area contributed by atoms with Crippen LogP contribution in [0.15, 0.2) is 65.3 Å². The second kappa shape index (κ2) is 6.60. The summed E-state index contributed by atoms with van der Waals surface area (Å²) in [6.07, 6.45) is 1.51. The van der Waals surface area contributed by atoms with Gasteiger partial charge in [0.05, 0.1) is 0 Å². The van der Waals surface area contributed by atoms with E-state index in [2.05, 4.69) is 20.6 Å². The molecule has 6 heteroatoms. The van der Waals surface area contributed by atoms with Crippen LogP contribution in [-0.4, -0.2) is 29.0 Å². The van der Waals surface area contributed by atoms with Crippen LogP contribution < -0.4 is 10.6 Å². The lowest BCUT2D eigenvalue weighted by Crippen LogP contribution is -2.28. The van der Waals surface area contributed by atoms with Crippen LogP contribution in [0.5, 0.6) is 0 Å². The van der Waals surface area contributed by atoms with Gasteiger partial charge < -0.3 is 15.1 Å². The topological polar surface area (TPSA) is 80.0 Å². The Balaban J connectivity index is 1.44. The Bertz CT molecular complexity index is 1030. The highest BCUT2D eigenvalue weighted by Crippen LogP contribution is 2.29. The summed E-state index contributed by atoms with van der Waals surface area (Å²) in [6, 6.07) is 16.9. The monoisotopic (exact) mass is 332 g/mol. The number of carbonyl (C=O) groups excluding carboxylic acids is 1. The number of nitrogens with zero attached hydrogens (tertiary/aromatic N) is 2. The first-order valence-corrected chi connectivity index (χ1v) is 8.02. The molecule has 4 rings (SSSR count). The van der Waals surface area contributed by atoms with Crippen molar-refractivity contribution < 1.29 is 9.21 Å². The van der Waals surface area contributed by atoms with Gasteiger partial charge in [0.2, 0.25) is 0 Å². The minimum atomic E-state index is -0.0982. The second-order valence-corrected chi connectivity index (χ2v) is 5.55. The van der Waals surface area contributed by atoms with E-state index < -0.39 is 0 Å². The fourth-order valence-corrected chi connectivity index (χ4v) is 2.70. The van der Waals surface area contributed by atoms with Gasteiger partial charge in [-0.25, -0.2) is 9.97 Å². The van der Waals surface area contributed by atoms with Gasteiger partial charge in [0, 0.05) is 24.0 Å². The second-order valence-electron chi connectivity index (χ2n) is 5.55. The zero-order valence-corrected chi connectivity index (χ0v) is 13.4. The van der Waals surface area contributed by atoms with Crippen molar-refractivity contribution in [2.24, 2.45) is 0 Å². The summed E-state index contributed by atoms with van der Waals surface area (Å²) in [4.78, 5) is 20.6. The van der Waals surface area contributed by atoms with Crippen molar-refractivity contribution in [2.75, 3.05) is 18.4 Å². The van der Waals surface area contributed by atoms with E-state index in [9.17, 15) is 4.79 Å². The largest absolute Gasteiger partial charge is 0.450 e. The van der Waals surface area contributed by atoms with Crippen molar-refractivity contribution in [1.29, 1.82) is 0 Å². The number of nitrogens with one attached hydrogen (secondary N) is 2. The van der Waals surface area contributed by atoms with Crippen LogP contribution in [0.2, 0.25) is 0 Å². The van der Waals surface area contributed by atoms with Gasteiger partial charge in [-0.1, -0.05) is 30.3 Å². The average Bonchev–Trinajstić information content (AvgIpc) is 3.05. The van der Waals surface area contributed by atoms with Gasteiger partial charge in [-0.3, -0.25) is 4.79 Å². The summed E-state index contributed by atoms with van der Waals surface area (Å²) in [5.74, 6) is 0.522. The first-order valence-electron chi connectivity index (χ1n) is 8.02. The zero-order chi connectivity index (χ0) is 17.1. The molecule has 2 aromatic heterocycles. The molecule has 0 unspecified atom stereocenters. The van der Waals surface area contributed by atoms with Gasteiger partial charge in [-0.05, 0) is 24.3 Å². The average molecular weight is 332 g/mol. The molecule has 0 radical (unpaired) electrons. The Kier molecular flexibility index (Phi) is 4.00. The number of furan rings is 1. The summed E-state index contributed by atoms with van der Waals surface area (Å²) in [5, 5.41) is 7.02. The molecule has 0 aliphatic carbocycles. The number of hydrogen-bond donors (Lipinski definition) is 2. The number of aromatic nitrogens is 2. The highest BCUT2D eigenvalue weighted by molar-refractivity contribution is 6.05. The third-order valence-corrected chi connectivity index (χ3v) is 3.90. The van der Waals surface area contributed by atoms with Gasteiger partial charge in [0.15, 0.2) is 11.4 Å². The number of benzene rings is 2. The van der Waals surface area contributed by atoms with Crippen molar-refractivity contribution in [3.05, 3.63) is 66.5 Å². The number of para-hydroxylation sites is 1. The van der Waals surface area contributed by atoms with Gasteiger partial charge in [-0.2, -0.15) is 0 Å². The maximum absolute atomic E-state index is 12.0. The molecule has 6 nitrogen and oxygen atoms in total. The van der Waals surface area contributed by atoms with E-state index in [1.54, 1.807) is 12.1 Å². The van der Waals surface area contributed by atoms with Gasteiger partial charge in [0.25, 0.3) is 5.91 Å². The van der Waals surface area contributed by atoms with Gasteiger partial charge >= 0.3 is 0 Å². The van der Waals surface area contributed by atoms with E-state index in [-0.39, 0.29) is 5.91 Å². The molecule has 25 heavy (non-hydrogen) atoms. The molecule has 4 aromatic rings. The molecule has 0 saturated heterocycles. The van der Waals surface area contributed by atoms with Crippen LogP contribution in [0, 0.1) is 0 Å². The smallest absolute Gasteiger partial charge is 0.251 e. The van der Waals surface area contributed by atoms with E-state index in [0.29, 0.717) is 30.1 Å². The lowest BCUT2D eigenvalue weighted by molar-refractivity contribution is 0.0955. The Morgan fingerprint density at radius 3 is 2.64 bits per heavy atom. The van der Waals surface area contributed by atoms with Crippen LogP contribution >= 0.6 is 0 Å². The molecule has 0 atom stereocenters. The highest BCUT2D eigenvalue weighted by atomic mass is 16.3. The van der Waals surface area contributed by atoms with E-state index in [4.69, 9.17) is 4.42 Å². The van der Waals surface area contributed by atoms with Gasteiger partial charge in [0.1, 0.15) is 17.4 Å². The Labute approximate surface area is 143 Å². The molecular formula is C19H16N4O2. The van der Waals surface area contributed by atoms with Crippen LogP contribution in [-0.2, 0) is 0 Å². The molecule has 0 bridgehead atoms. The quantitative estimate of drug-likeness (QED) is 0.549. The minimum absolute atomic E-state index is 0.0982. The molecule has 2 N–H and O–H groups in total. The van der Waals surface area contributed by atoms with E-state index in [0.717, 1.165) is 16.5 Å². The van der Waals surface area contributed by atoms with Crippen molar-refractivity contribution in [3.8, 4) is 0 Å². The molecular weight excluding hydrogens is 316 g/mol. The normalized spacial score (nSPS) is 10.9. The number of carbonyl (C=O) groups is 1. The fourth-order valence-electron chi connectivity index (χ4n) is 2.70. The molecule has 2 aromatic carbocycles. The lowest BCUT2D eigenvalue weighted by atomic mass is 10.2. The Hall–Kier alpha value is -3.41. The molecule has 0 aliphatic rings. The summed E-state index contributed by atoms with van der Waals surface area (Å²) < 4.78 is 5.86. The fraction of sp³-hybridized carbons (Fsp3) is 0.105. The lowest BCUT2D eigenvalue weighted by Gasteiger charge is -2.07. The van der Waals surface area contributed by atoms with Crippen LogP contribution in [0.4, 0.5) is 5.82 Å². The number of hydrogen-bond acceptors (Lipinski definition) is 5. The van der Waals surface area contributed by atoms with Crippen molar-refractivity contribution in [2.45, 2.75) is 0 Å². The zero-order valence-electron chi connectivity index (χ0n) is 13.4. The molecule has 1 amide bonds. The summed E-state index contributed by atoms with van der Waals surface area (Å²) in [6.45, 7) is 1.00. The van der Waals surface area contributed by atoms with E-state index in [1.807, 2.05) is 42.5 Å². The molecule has 124 valence electrons. The standard InChI is InChI=1S/C19H16N4O2/c24-19(13-6-2-1-3-7-13)21-11-10-20-18-17-16(22-12-23-18)14-8-4-5-9-15(14)25-17/h1-9,12H,10-11H2,(H,21,24)(H,20,22,23). The molecule has 0 aliphatic heterocycles. The molecule has 2 heterocycles. The number of fused-ring (bicyclic) bond motifs is 3. The van der Waals surface area contributed by atoms with Gasteiger partial charge in [-0.15, -0.1) is 0 Å². The highest BCUT2D eigenvalue weighted by Gasteiger charge is 2.12. The molecule has 0 saturated carbocycles. The number of amides is 1. The maximum Gasteiger partial charge on any atom is 0.251 e. The predicted octanol–water partition coefficient (Wildman–Crippen LogP) is 3.22. The van der Waals surface area contributed by atoms with Crippen LogP contribution in [0.25, 0.3) is 22.1 Å². The third kappa shape index (κ3) is 3.01. The molecule has 0 fully saturated rings. The van der Waals surface area contributed by atoms with E-state index >= 15 is 0 Å². The molecule has 0 spiro atoms. The van der Waals surface area contributed by atoms with Crippen molar-refractivity contribution in [1.82, 2.24) is 15.3 Å². The van der Waals surface area contributed by atoms with Crippen LogP contribution in [0.3, 0.4) is 0 Å². The number of rotatable bonds is 5. The van der Waals surface area contributed by atoms with E-state index in [1.165, 1.54) is 6.33 Å². The third-order valence-electron chi connectivity index (χ3n) is 3.90. The maximum atomic E-state index is 12.0. The summed E-state index contributed by atoms with van der Waals surface area (Å²) in [5.41, 5.74) is 2.82. The van der Waals surface area contributed by atoms with Crippen molar-refractivity contribution in [3.63, 3.8) is 0 Å². The Morgan fingerprint density at radius 1 is 0.960 bits per heavy atom. The first kappa shape index (κ1) is 15.1. The van der Waals surface area contributed by atoms with Crippen molar-refractivity contribution >= 4 is 33.8 Å². The minimum Gasteiger partial charge on any atom is -0.450 e. The summed E-state index contributed by atoms with van der Waals surface area (Å²) >= 11 is 0. The SMILES string of the molecule is O=C(NCCNc1ncnc2c1oc1ccccc12)c1ccccc1. The number of anilines is 1. The summed E-state index contributed by atoms with van der Waals surface area (Å²) in [7, 11) is 0. The predicted molar refractivity (Wildman–Crippen MR) is 96.6 cm³/mol. The first-order chi connectivity index (χ1) is 12.3. The van der Waals surface area contributed by atoms with Crippen LogP contribution in [0.1, 0.15) is 10.4 Å². The Morgan fingerprint density at radius 2 is 1.76 bits per heavy atom.